The molecule has 3 aromatic rings. The Morgan fingerprint density at radius 3 is 2.70 bits per heavy atom. The highest BCUT2D eigenvalue weighted by Crippen LogP contribution is 2.28. The number of carbonyl (C=O) groups is 1. The lowest BCUT2D eigenvalue weighted by Crippen LogP contribution is -2.23. The molecule has 3 rings (SSSR count). The number of hydrogen-bond acceptors (Lipinski definition) is 6. The summed E-state index contributed by atoms with van der Waals surface area (Å²) >= 11 is 0. The molecule has 0 fully saturated rings. The quantitative estimate of drug-likeness (QED) is 0.302. The molecule has 0 saturated carbocycles. The molecule has 0 N–H and O–H groups in total. The molecule has 0 radical (unpaired) electrons. The second kappa shape index (κ2) is 6.94. The van der Waals surface area contributed by atoms with E-state index in [4.69, 9.17) is 4.74 Å². The third-order valence-electron chi connectivity index (χ3n) is 3.98. The van der Waals surface area contributed by atoms with Gasteiger partial charge in [-0.1, -0.05) is 0 Å². The van der Waals surface area contributed by atoms with Gasteiger partial charge >= 0.3 is 11.7 Å². The van der Waals surface area contributed by atoms with Crippen molar-refractivity contribution in [2.45, 2.75) is 20.4 Å². The van der Waals surface area contributed by atoms with Gasteiger partial charge in [0.25, 0.3) is 5.56 Å². The summed E-state index contributed by atoms with van der Waals surface area (Å²) in [5.74, 6) is -2.17. The van der Waals surface area contributed by atoms with E-state index in [9.17, 15) is 24.1 Å². The first-order valence-corrected chi connectivity index (χ1v) is 7.99. The van der Waals surface area contributed by atoms with Gasteiger partial charge in [-0.05, 0) is 38.1 Å². The van der Waals surface area contributed by atoms with E-state index in [-0.39, 0.29) is 16.8 Å². The highest BCUT2D eigenvalue weighted by Gasteiger charge is 2.20. The molecule has 1 aromatic heterocycles. The Labute approximate surface area is 152 Å². The van der Waals surface area contributed by atoms with Crippen LogP contribution >= 0.6 is 0 Å². The lowest BCUT2D eigenvalue weighted by atomic mass is 10.2. The summed E-state index contributed by atoms with van der Waals surface area (Å²) in [5, 5.41) is 11.0. The molecule has 27 heavy (non-hydrogen) atoms. The Balaban J connectivity index is 2.02. The second-order valence-electron chi connectivity index (χ2n) is 5.71. The molecule has 0 atom stereocenters. The van der Waals surface area contributed by atoms with Crippen LogP contribution < -0.4 is 10.3 Å². The fraction of sp³-hybridized carbons (Fsp3) is 0.167. The first-order valence-electron chi connectivity index (χ1n) is 7.99. The van der Waals surface area contributed by atoms with E-state index in [2.05, 4.69) is 4.98 Å². The number of benzene rings is 2. The minimum Gasteiger partial charge on any atom is -0.415 e. The standard InChI is InChI=1S/C18H14FN3O5/c1-3-21-14-6-4-11(8-13(14)20-10(2)17(21)23)18(24)27-16-9-12(19)5-7-15(16)22(25)26/h4-9H,3H2,1-2H3. The Kier molecular flexibility index (Phi) is 4.68. The molecule has 0 aliphatic rings. The van der Waals surface area contributed by atoms with Gasteiger partial charge in [0.2, 0.25) is 5.75 Å². The van der Waals surface area contributed by atoms with E-state index in [0.29, 0.717) is 17.6 Å². The van der Waals surface area contributed by atoms with Crippen molar-refractivity contribution in [3.8, 4) is 5.75 Å². The van der Waals surface area contributed by atoms with Gasteiger partial charge < -0.3 is 9.30 Å². The van der Waals surface area contributed by atoms with Gasteiger partial charge in [0.15, 0.2) is 0 Å². The van der Waals surface area contributed by atoms with Crippen LogP contribution in [0.1, 0.15) is 23.0 Å². The smallest absolute Gasteiger partial charge is 0.343 e. The van der Waals surface area contributed by atoms with Gasteiger partial charge in [-0.2, -0.15) is 0 Å². The summed E-state index contributed by atoms with van der Waals surface area (Å²) in [6.45, 7) is 3.80. The van der Waals surface area contributed by atoms with Crippen LogP contribution in [0.25, 0.3) is 11.0 Å². The Morgan fingerprint density at radius 2 is 2.04 bits per heavy atom. The molecule has 2 aromatic carbocycles. The maximum atomic E-state index is 13.4. The predicted molar refractivity (Wildman–Crippen MR) is 94.4 cm³/mol. The van der Waals surface area contributed by atoms with E-state index in [0.717, 1.165) is 18.2 Å². The largest absolute Gasteiger partial charge is 0.415 e. The van der Waals surface area contributed by atoms with Crippen molar-refractivity contribution in [3.05, 3.63) is 73.9 Å². The lowest BCUT2D eigenvalue weighted by molar-refractivity contribution is -0.385. The maximum Gasteiger partial charge on any atom is 0.343 e. The molecular formula is C18H14FN3O5. The number of nitrogens with zero attached hydrogens (tertiary/aromatic N) is 3. The number of aromatic nitrogens is 2. The number of hydrogen-bond donors (Lipinski definition) is 0. The van der Waals surface area contributed by atoms with Gasteiger partial charge in [-0.25, -0.2) is 14.2 Å². The number of rotatable bonds is 4. The third-order valence-corrected chi connectivity index (χ3v) is 3.98. The van der Waals surface area contributed by atoms with Crippen molar-refractivity contribution in [3.63, 3.8) is 0 Å². The van der Waals surface area contributed by atoms with Crippen LogP contribution in [0.5, 0.6) is 5.75 Å². The molecule has 1 heterocycles. The summed E-state index contributed by atoms with van der Waals surface area (Å²) in [6, 6.07) is 6.97. The van der Waals surface area contributed by atoms with Crippen LogP contribution in [0, 0.1) is 22.9 Å². The molecule has 0 amide bonds. The SMILES string of the molecule is CCn1c(=O)c(C)nc2cc(C(=O)Oc3cc(F)ccc3[N+](=O)[O-])ccc21. The average Bonchev–Trinajstić information content (AvgIpc) is 2.62. The summed E-state index contributed by atoms with van der Waals surface area (Å²) in [6.07, 6.45) is 0. The van der Waals surface area contributed by atoms with E-state index >= 15 is 0 Å². The second-order valence-corrected chi connectivity index (χ2v) is 5.71. The van der Waals surface area contributed by atoms with Crippen LogP contribution in [0.4, 0.5) is 10.1 Å². The number of carbonyl (C=O) groups excluding carboxylic acids is 1. The Morgan fingerprint density at radius 1 is 1.30 bits per heavy atom. The normalized spacial score (nSPS) is 10.8. The number of halogens is 1. The number of esters is 1. The highest BCUT2D eigenvalue weighted by molar-refractivity contribution is 5.95. The monoisotopic (exact) mass is 371 g/mol. The van der Waals surface area contributed by atoms with Crippen LogP contribution in [0.2, 0.25) is 0 Å². The number of aryl methyl sites for hydroxylation is 2. The van der Waals surface area contributed by atoms with Gasteiger partial charge in [-0.3, -0.25) is 14.9 Å². The molecule has 0 aliphatic carbocycles. The van der Waals surface area contributed by atoms with Crippen molar-refractivity contribution in [2.24, 2.45) is 0 Å². The zero-order valence-electron chi connectivity index (χ0n) is 14.4. The third kappa shape index (κ3) is 3.39. The van der Waals surface area contributed by atoms with Gasteiger partial charge in [-0.15, -0.1) is 0 Å². The van der Waals surface area contributed by atoms with Crippen LogP contribution in [0.15, 0.2) is 41.2 Å². The lowest BCUT2D eigenvalue weighted by Gasteiger charge is -2.10. The van der Waals surface area contributed by atoms with Crippen LogP contribution in [-0.2, 0) is 6.54 Å². The van der Waals surface area contributed by atoms with Crippen molar-refractivity contribution < 1.29 is 18.8 Å². The summed E-state index contributed by atoms with van der Waals surface area (Å²) in [7, 11) is 0. The molecule has 0 bridgehead atoms. The number of fused-ring (bicyclic) bond motifs is 1. The predicted octanol–water partition coefficient (Wildman–Crippen LogP) is 2.99. The molecule has 8 nitrogen and oxygen atoms in total. The summed E-state index contributed by atoms with van der Waals surface area (Å²) < 4.78 is 19.9. The zero-order chi connectivity index (χ0) is 19.7. The molecule has 0 spiro atoms. The fourth-order valence-corrected chi connectivity index (χ4v) is 2.69. The first-order chi connectivity index (χ1) is 12.8. The average molecular weight is 371 g/mol. The van der Waals surface area contributed by atoms with Crippen molar-refractivity contribution in [2.75, 3.05) is 0 Å². The zero-order valence-corrected chi connectivity index (χ0v) is 14.4. The molecule has 0 aliphatic heterocycles. The minimum atomic E-state index is -0.903. The summed E-state index contributed by atoms with van der Waals surface area (Å²) in [5.41, 5.74) is 0.526. The number of nitro benzene ring substituents is 1. The van der Waals surface area contributed by atoms with Crippen LogP contribution in [0.3, 0.4) is 0 Å². The van der Waals surface area contributed by atoms with Crippen molar-refractivity contribution >= 4 is 22.7 Å². The highest BCUT2D eigenvalue weighted by atomic mass is 19.1. The van der Waals surface area contributed by atoms with Crippen molar-refractivity contribution in [1.29, 1.82) is 0 Å². The van der Waals surface area contributed by atoms with Crippen molar-refractivity contribution in [1.82, 2.24) is 9.55 Å². The van der Waals surface area contributed by atoms with E-state index < -0.39 is 28.1 Å². The molecule has 0 unspecified atom stereocenters. The Hall–Kier alpha value is -3.62. The number of ether oxygens (including phenoxy) is 1. The molecule has 138 valence electrons. The number of nitro groups is 1. The van der Waals surface area contributed by atoms with Gasteiger partial charge in [0.1, 0.15) is 11.5 Å². The fourth-order valence-electron chi connectivity index (χ4n) is 2.69. The summed E-state index contributed by atoms with van der Waals surface area (Å²) in [4.78, 5) is 38.9. The van der Waals surface area contributed by atoms with E-state index in [1.165, 1.54) is 16.7 Å². The van der Waals surface area contributed by atoms with Crippen LogP contribution in [-0.4, -0.2) is 20.4 Å². The molecule has 0 saturated heterocycles. The Bertz CT molecular complexity index is 1140. The van der Waals surface area contributed by atoms with Gasteiger partial charge in [0, 0.05) is 18.7 Å². The minimum absolute atomic E-state index is 0.0641. The molecule has 9 heteroatoms. The van der Waals surface area contributed by atoms with Gasteiger partial charge in [0.05, 0.1) is 21.5 Å². The first kappa shape index (κ1) is 18.2. The van der Waals surface area contributed by atoms with E-state index in [1.54, 1.807) is 13.0 Å². The maximum absolute atomic E-state index is 13.4. The topological polar surface area (TPSA) is 104 Å². The van der Waals surface area contributed by atoms with E-state index in [1.807, 2.05) is 6.92 Å². The molecular weight excluding hydrogens is 357 g/mol.